The number of pyridine rings is 1. The molecule has 0 saturated heterocycles. The highest BCUT2D eigenvalue weighted by Gasteiger charge is 2.16. The summed E-state index contributed by atoms with van der Waals surface area (Å²) in [5.41, 5.74) is 13.2. The highest BCUT2D eigenvalue weighted by molar-refractivity contribution is 6.05. The van der Waals surface area contributed by atoms with E-state index in [2.05, 4.69) is 149 Å². The molecule has 0 atom stereocenters. The first-order valence-corrected chi connectivity index (χ1v) is 17.0. The number of benzene rings is 7. The first kappa shape index (κ1) is 30.0. The number of hydrogen-bond donors (Lipinski definition) is 0. The lowest BCUT2D eigenvalue weighted by molar-refractivity contribution is 1.10. The smallest absolute Gasteiger partial charge is 0.145 e. The summed E-state index contributed by atoms with van der Waals surface area (Å²) in [7, 11) is 0. The van der Waals surface area contributed by atoms with Gasteiger partial charge in [0.15, 0.2) is 0 Å². The number of aromatic nitrogens is 3. The minimum atomic E-state index is 0.626. The molecule has 9 rings (SSSR count). The van der Waals surface area contributed by atoms with Crippen molar-refractivity contribution in [1.82, 2.24) is 14.5 Å². The average molecular weight is 651 g/mol. The Hall–Kier alpha value is -7.09. The van der Waals surface area contributed by atoms with Crippen LogP contribution in [0.3, 0.4) is 0 Å². The molecule has 0 spiro atoms. The lowest BCUT2D eigenvalue weighted by Crippen LogP contribution is -1.97. The van der Waals surface area contributed by atoms with Crippen LogP contribution in [0.1, 0.15) is 5.56 Å². The van der Waals surface area contributed by atoms with E-state index in [1.165, 1.54) is 0 Å². The van der Waals surface area contributed by atoms with Crippen LogP contribution < -0.4 is 0 Å². The van der Waals surface area contributed by atoms with E-state index in [1.807, 2.05) is 42.5 Å². The average Bonchev–Trinajstić information content (AvgIpc) is 3.61. The van der Waals surface area contributed by atoms with Crippen molar-refractivity contribution in [2.24, 2.45) is 0 Å². The predicted molar refractivity (Wildman–Crippen MR) is 208 cm³/mol. The molecule has 0 aliphatic heterocycles. The topological polar surface area (TPSA) is 54.5 Å². The summed E-state index contributed by atoms with van der Waals surface area (Å²) in [6, 6.07) is 63.1. The van der Waals surface area contributed by atoms with E-state index in [1.54, 1.807) is 6.20 Å². The van der Waals surface area contributed by atoms with Gasteiger partial charge in [0, 0.05) is 23.0 Å². The maximum atomic E-state index is 10.0. The van der Waals surface area contributed by atoms with Gasteiger partial charge in [-0.15, -0.1) is 0 Å². The van der Waals surface area contributed by atoms with Gasteiger partial charge < -0.3 is 0 Å². The standard InChI is InChI=1S/C47H30N4/c48-31-32-28-37(33-17-21-35(22-18-33)44-14-8-9-27-49-44)30-38(29-32)41-26-25-40(42-12-4-5-13-43(41)42)34-19-23-36(24-20-34)47-50-45-15-6-7-16-46(45)51(47)39-10-2-1-3-11-39/h1-30H. The van der Waals surface area contributed by atoms with Crippen LogP contribution in [0.2, 0.25) is 0 Å². The molecule has 0 unspecified atom stereocenters. The minimum Gasteiger partial charge on any atom is -0.292 e. The van der Waals surface area contributed by atoms with Crippen molar-refractivity contribution in [3.05, 3.63) is 188 Å². The third-order valence-corrected chi connectivity index (χ3v) is 9.51. The molecular formula is C47H30N4. The van der Waals surface area contributed by atoms with E-state index < -0.39 is 0 Å². The molecule has 0 amide bonds. The number of fused-ring (bicyclic) bond motifs is 2. The number of para-hydroxylation sites is 3. The zero-order valence-corrected chi connectivity index (χ0v) is 27.6. The summed E-state index contributed by atoms with van der Waals surface area (Å²) in [5.74, 6) is 0.911. The van der Waals surface area contributed by atoms with Crippen molar-refractivity contribution < 1.29 is 0 Å². The van der Waals surface area contributed by atoms with Gasteiger partial charge in [-0.25, -0.2) is 4.98 Å². The fraction of sp³-hybridized carbons (Fsp3) is 0. The van der Waals surface area contributed by atoms with E-state index in [0.717, 1.165) is 83.5 Å². The Bertz CT molecular complexity index is 2720. The summed E-state index contributed by atoms with van der Waals surface area (Å²) < 4.78 is 2.23. The monoisotopic (exact) mass is 650 g/mol. The molecular weight excluding hydrogens is 621 g/mol. The highest BCUT2D eigenvalue weighted by Crippen LogP contribution is 2.39. The van der Waals surface area contributed by atoms with Gasteiger partial charge in [-0.2, -0.15) is 5.26 Å². The summed E-state index contributed by atoms with van der Waals surface area (Å²) in [6.07, 6.45) is 1.81. The Morgan fingerprint density at radius 3 is 1.80 bits per heavy atom. The molecule has 0 fully saturated rings. The van der Waals surface area contributed by atoms with Crippen LogP contribution in [-0.2, 0) is 0 Å². The molecule has 0 aliphatic rings. The molecule has 4 nitrogen and oxygen atoms in total. The summed E-state index contributed by atoms with van der Waals surface area (Å²) in [6.45, 7) is 0. The first-order chi connectivity index (χ1) is 25.2. The maximum absolute atomic E-state index is 10.0. The molecule has 0 bridgehead atoms. The molecule has 0 aliphatic carbocycles. The SMILES string of the molecule is N#Cc1cc(-c2ccc(-c3ccccn3)cc2)cc(-c2ccc(-c3ccc(-c4nc5ccccc5n4-c4ccccc4)cc3)c3ccccc23)c1. The van der Waals surface area contributed by atoms with Gasteiger partial charge in [0.2, 0.25) is 0 Å². The van der Waals surface area contributed by atoms with E-state index in [4.69, 9.17) is 4.98 Å². The zero-order valence-electron chi connectivity index (χ0n) is 27.6. The Balaban J connectivity index is 1.10. The molecule has 238 valence electrons. The van der Waals surface area contributed by atoms with Crippen LogP contribution in [0.4, 0.5) is 0 Å². The van der Waals surface area contributed by atoms with Gasteiger partial charge in [0.1, 0.15) is 5.82 Å². The quantitative estimate of drug-likeness (QED) is 0.180. The third-order valence-electron chi connectivity index (χ3n) is 9.51. The molecule has 0 N–H and O–H groups in total. The number of imidazole rings is 1. The van der Waals surface area contributed by atoms with Gasteiger partial charge >= 0.3 is 0 Å². The van der Waals surface area contributed by atoms with Crippen LogP contribution in [0, 0.1) is 11.3 Å². The molecule has 4 heteroatoms. The van der Waals surface area contributed by atoms with Crippen molar-refractivity contribution in [2.45, 2.75) is 0 Å². The van der Waals surface area contributed by atoms with Crippen LogP contribution in [0.5, 0.6) is 0 Å². The van der Waals surface area contributed by atoms with E-state index >= 15 is 0 Å². The number of nitriles is 1. The predicted octanol–water partition coefficient (Wildman–Crippen LogP) is 11.8. The van der Waals surface area contributed by atoms with Gasteiger partial charge in [-0.05, 0) is 98.8 Å². The van der Waals surface area contributed by atoms with Gasteiger partial charge in [-0.1, -0.05) is 121 Å². The maximum Gasteiger partial charge on any atom is 0.145 e. The van der Waals surface area contributed by atoms with Crippen LogP contribution in [-0.4, -0.2) is 14.5 Å². The Morgan fingerprint density at radius 1 is 0.471 bits per heavy atom. The summed E-state index contributed by atoms with van der Waals surface area (Å²) >= 11 is 0. The van der Waals surface area contributed by atoms with E-state index in [-0.39, 0.29) is 0 Å². The lowest BCUT2D eigenvalue weighted by Gasteiger charge is -2.14. The van der Waals surface area contributed by atoms with Gasteiger partial charge in [0.05, 0.1) is 28.4 Å². The van der Waals surface area contributed by atoms with E-state index in [9.17, 15) is 5.26 Å². The third kappa shape index (κ3) is 5.53. The normalized spacial score (nSPS) is 11.1. The van der Waals surface area contributed by atoms with Crippen molar-refractivity contribution in [2.75, 3.05) is 0 Å². The van der Waals surface area contributed by atoms with E-state index in [0.29, 0.717) is 5.56 Å². The Labute approximate surface area is 296 Å². The molecule has 2 heterocycles. The van der Waals surface area contributed by atoms with Crippen molar-refractivity contribution >= 4 is 21.8 Å². The number of nitrogens with zero attached hydrogens (tertiary/aromatic N) is 4. The second kappa shape index (κ2) is 12.7. The van der Waals surface area contributed by atoms with Crippen LogP contribution >= 0.6 is 0 Å². The highest BCUT2D eigenvalue weighted by atomic mass is 15.1. The fourth-order valence-corrected chi connectivity index (χ4v) is 7.04. The molecule has 0 saturated carbocycles. The molecule has 7 aromatic carbocycles. The molecule has 9 aromatic rings. The first-order valence-electron chi connectivity index (χ1n) is 17.0. The largest absolute Gasteiger partial charge is 0.292 e. The van der Waals surface area contributed by atoms with Gasteiger partial charge in [0.25, 0.3) is 0 Å². The zero-order chi connectivity index (χ0) is 34.1. The van der Waals surface area contributed by atoms with Crippen molar-refractivity contribution in [1.29, 1.82) is 5.26 Å². The van der Waals surface area contributed by atoms with Crippen molar-refractivity contribution in [3.8, 4) is 67.8 Å². The van der Waals surface area contributed by atoms with Crippen LogP contribution in [0.25, 0.3) is 83.5 Å². The second-order valence-electron chi connectivity index (χ2n) is 12.6. The molecule has 0 radical (unpaired) electrons. The van der Waals surface area contributed by atoms with Crippen LogP contribution in [0.15, 0.2) is 182 Å². The van der Waals surface area contributed by atoms with Gasteiger partial charge in [-0.3, -0.25) is 9.55 Å². The molecule has 51 heavy (non-hydrogen) atoms. The lowest BCUT2D eigenvalue weighted by atomic mass is 9.90. The Morgan fingerprint density at radius 2 is 1.08 bits per heavy atom. The Kier molecular flexibility index (Phi) is 7.50. The molecule has 2 aromatic heterocycles. The van der Waals surface area contributed by atoms with Crippen molar-refractivity contribution in [3.63, 3.8) is 0 Å². The number of hydrogen-bond acceptors (Lipinski definition) is 3. The summed E-state index contributed by atoms with van der Waals surface area (Å²) in [5, 5.41) is 12.3. The minimum absolute atomic E-state index is 0.626. The number of rotatable bonds is 6. The second-order valence-corrected chi connectivity index (χ2v) is 12.6. The fourth-order valence-electron chi connectivity index (χ4n) is 7.04. The summed E-state index contributed by atoms with van der Waals surface area (Å²) in [4.78, 5) is 9.54.